The molecule has 1 aromatic carbocycles. The van der Waals surface area contributed by atoms with E-state index in [9.17, 15) is 4.79 Å². The van der Waals surface area contributed by atoms with E-state index in [1.807, 2.05) is 31.2 Å². The van der Waals surface area contributed by atoms with Gasteiger partial charge in [-0.1, -0.05) is 18.2 Å². The van der Waals surface area contributed by atoms with Gasteiger partial charge in [-0.05, 0) is 53.3 Å². The van der Waals surface area contributed by atoms with Crippen LogP contribution in [-0.4, -0.2) is 54.1 Å². The van der Waals surface area contributed by atoms with Gasteiger partial charge in [-0.25, -0.2) is 4.79 Å². The maximum Gasteiger partial charge on any atom is 0.374 e. The Kier molecular flexibility index (Phi) is 5.68. The summed E-state index contributed by atoms with van der Waals surface area (Å²) >= 11 is 0. The van der Waals surface area contributed by atoms with Gasteiger partial charge in [0, 0.05) is 36.1 Å². The number of fused-ring (bicyclic) bond motifs is 1. The number of hydrogen-bond donors (Lipinski definition) is 0. The van der Waals surface area contributed by atoms with Crippen LogP contribution in [0.5, 0.6) is 0 Å². The molecule has 26 heavy (non-hydrogen) atoms. The Hall–Kier alpha value is -1.85. The van der Waals surface area contributed by atoms with Gasteiger partial charge in [0.15, 0.2) is 0 Å². The molecule has 0 atom stereocenters. The molecule has 5 nitrogen and oxygen atoms in total. The highest BCUT2D eigenvalue weighted by Crippen LogP contribution is 2.28. The smallest absolute Gasteiger partial charge is 0.374 e. The van der Waals surface area contributed by atoms with Crippen molar-refractivity contribution >= 4 is 16.9 Å². The molecule has 1 aromatic heterocycles. The second kappa shape index (κ2) is 7.80. The van der Waals surface area contributed by atoms with Crippen LogP contribution in [-0.2, 0) is 11.3 Å². The van der Waals surface area contributed by atoms with E-state index >= 15 is 0 Å². The number of para-hydroxylation sites is 1. The van der Waals surface area contributed by atoms with Crippen LogP contribution in [0, 0.1) is 0 Å². The number of rotatable bonds is 4. The first-order chi connectivity index (χ1) is 12.4. The van der Waals surface area contributed by atoms with Crippen LogP contribution in [0.25, 0.3) is 11.0 Å². The summed E-state index contributed by atoms with van der Waals surface area (Å²) in [5.74, 6) is -0.0187. The molecule has 2 aromatic rings. The van der Waals surface area contributed by atoms with E-state index in [4.69, 9.17) is 9.15 Å². The quantitative estimate of drug-likeness (QED) is 0.775. The van der Waals surface area contributed by atoms with Crippen molar-refractivity contribution < 1.29 is 13.9 Å². The average Bonchev–Trinajstić information content (AvgIpc) is 2.77. The van der Waals surface area contributed by atoms with Gasteiger partial charge in [0.25, 0.3) is 0 Å². The van der Waals surface area contributed by atoms with Crippen LogP contribution >= 0.6 is 0 Å². The summed E-state index contributed by atoms with van der Waals surface area (Å²) in [6, 6.07) is 7.85. The molecule has 0 amide bonds. The van der Waals surface area contributed by atoms with Crippen LogP contribution in [0.15, 0.2) is 28.7 Å². The van der Waals surface area contributed by atoms with Crippen LogP contribution in [0.4, 0.5) is 0 Å². The number of nitrogens with zero attached hydrogens (tertiary/aromatic N) is 2. The molecule has 0 aliphatic carbocycles. The van der Waals surface area contributed by atoms with E-state index in [1.165, 1.54) is 0 Å². The third-order valence-electron chi connectivity index (χ3n) is 5.08. The van der Waals surface area contributed by atoms with Gasteiger partial charge in [0.05, 0.1) is 6.61 Å². The summed E-state index contributed by atoms with van der Waals surface area (Å²) in [6.07, 6.45) is 1.13. The average molecular weight is 358 g/mol. The van der Waals surface area contributed by atoms with E-state index in [-0.39, 0.29) is 11.5 Å². The first-order valence-corrected chi connectivity index (χ1v) is 9.55. The van der Waals surface area contributed by atoms with Crippen molar-refractivity contribution in [3.05, 3.63) is 35.6 Å². The molecule has 3 rings (SSSR count). The molecular formula is C21H30N2O3. The number of furan rings is 1. The number of benzene rings is 1. The zero-order valence-electron chi connectivity index (χ0n) is 16.4. The van der Waals surface area contributed by atoms with Gasteiger partial charge >= 0.3 is 5.97 Å². The second-order valence-corrected chi connectivity index (χ2v) is 7.91. The summed E-state index contributed by atoms with van der Waals surface area (Å²) in [5, 5.41) is 1.01. The Balaban J connectivity index is 1.83. The number of hydrogen-bond acceptors (Lipinski definition) is 5. The highest BCUT2D eigenvalue weighted by atomic mass is 16.5. The normalized spacial score (nSPS) is 17.4. The minimum atomic E-state index is -0.371. The van der Waals surface area contributed by atoms with Crippen molar-refractivity contribution in [3.8, 4) is 0 Å². The van der Waals surface area contributed by atoms with Gasteiger partial charge in [-0.15, -0.1) is 0 Å². The monoisotopic (exact) mass is 358 g/mol. The summed E-state index contributed by atoms with van der Waals surface area (Å²) < 4.78 is 11.1. The Bertz CT molecular complexity index is 760. The number of carbonyl (C=O) groups excluding carboxylic acids is 1. The second-order valence-electron chi connectivity index (χ2n) is 7.91. The predicted molar refractivity (Wildman–Crippen MR) is 103 cm³/mol. The van der Waals surface area contributed by atoms with Crippen molar-refractivity contribution in [2.75, 3.05) is 32.8 Å². The lowest BCUT2D eigenvalue weighted by Crippen LogP contribution is -2.43. The van der Waals surface area contributed by atoms with E-state index in [0.717, 1.165) is 49.1 Å². The summed E-state index contributed by atoms with van der Waals surface area (Å²) in [5.41, 5.74) is 1.88. The van der Waals surface area contributed by atoms with Gasteiger partial charge in [-0.2, -0.15) is 0 Å². The number of carbonyl (C=O) groups is 1. The maximum atomic E-state index is 12.4. The van der Waals surface area contributed by atoms with Crippen molar-refractivity contribution in [3.63, 3.8) is 0 Å². The van der Waals surface area contributed by atoms with Crippen LogP contribution in [0.1, 0.15) is 50.2 Å². The maximum absolute atomic E-state index is 12.4. The fraction of sp³-hybridized carbons (Fsp3) is 0.571. The Morgan fingerprint density at radius 3 is 2.65 bits per heavy atom. The van der Waals surface area contributed by atoms with Crippen molar-refractivity contribution in [2.24, 2.45) is 0 Å². The lowest BCUT2D eigenvalue weighted by atomic mass is 10.1. The summed E-state index contributed by atoms with van der Waals surface area (Å²) in [6.45, 7) is 13.8. The predicted octanol–water partition coefficient (Wildman–Crippen LogP) is 3.92. The molecule has 1 fully saturated rings. The zero-order chi connectivity index (χ0) is 18.7. The summed E-state index contributed by atoms with van der Waals surface area (Å²) in [7, 11) is 0. The molecule has 0 bridgehead atoms. The minimum Gasteiger partial charge on any atom is -0.460 e. The third kappa shape index (κ3) is 4.10. The third-order valence-corrected chi connectivity index (χ3v) is 5.08. The molecule has 0 unspecified atom stereocenters. The fourth-order valence-corrected chi connectivity index (χ4v) is 3.64. The van der Waals surface area contributed by atoms with Crippen molar-refractivity contribution in [1.29, 1.82) is 0 Å². The summed E-state index contributed by atoms with van der Waals surface area (Å²) in [4.78, 5) is 17.3. The highest BCUT2D eigenvalue weighted by molar-refractivity contribution is 5.96. The Morgan fingerprint density at radius 2 is 1.92 bits per heavy atom. The van der Waals surface area contributed by atoms with Crippen LogP contribution in [0.2, 0.25) is 0 Å². The lowest BCUT2D eigenvalue weighted by Gasteiger charge is -2.34. The Morgan fingerprint density at radius 1 is 1.15 bits per heavy atom. The van der Waals surface area contributed by atoms with Crippen LogP contribution in [0.3, 0.4) is 0 Å². The molecule has 1 aliphatic heterocycles. The molecule has 2 heterocycles. The molecule has 5 heteroatoms. The zero-order valence-corrected chi connectivity index (χ0v) is 16.4. The van der Waals surface area contributed by atoms with Gasteiger partial charge in [0.2, 0.25) is 5.76 Å². The van der Waals surface area contributed by atoms with Gasteiger partial charge in [0.1, 0.15) is 5.58 Å². The standard InChI is InChI=1S/C21H30N2O3/c1-5-25-20(24)19-17(16-9-6-7-10-18(16)26-19)15-22-11-8-12-23(14-13-22)21(2,3)4/h6-7,9-10H,5,8,11-15H2,1-4H3. The van der Waals surface area contributed by atoms with Crippen LogP contribution < -0.4 is 0 Å². The van der Waals surface area contributed by atoms with Crippen molar-refractivity contribution in [1.82, 2.24) is 9.80 Å². The van der Waals surface area contributed by atoms with Crippen molar-refractivity contribution in [2.45, 2.75) is 46.2 Å². The van der Waals surface area contributed by atoms with E-state index in [2.05, 4.69) is 30.6 Å². The van der Waals surface area contributed by atoms with Gasteiger partial charge in [-0.3, -0.25) is 9.80 Å². The molecular weight excluding hydrogens is 328 g/mol. The largest absolute Gasteiger partial charge is 0.460 e. The molecule has 0 radical (unpaired) electrons. The van der Waals surface area contributed by atoms with E-state index in [1.54, 1.807) is 0 Å². The van der Waals surface area contributed by atoms with E-state index < -0.39 is 0 Å². The highest BCUT2D eigenvalue weighted by Gasteiger charge is 2.27. The SMILES string of the molecule is CCOC(=O)c1oc2ccccc2c1CN1CCCN(C(C)(C)C)CC1. The Labute approximate surface area is 155 Å². The number of ether oxygens (including phenoxy) is 1. The molecule has 142 valence electrons. The molecule has 0 spiro atoms. The molecule has 1 saturated heterocycles. The minimum absolute atomic E-state index is 0.189. The first-order valence-electron chi connectivity index (χ1n) is 9.55. The number of esters is 1. The first kappa shape index (κ1) is 18.9. The lowest BCUT2D eigenvalue weighted by molar-refractivity contribution is 0.0489. The van der Waals surface area contributed by atoms with E-state index in [0.29, 0.717) is 18.9 Å². The molecule has 0 saturated carbocycles. The topological polar surface area (TPSA) is 45.9 Å². The molecule has 1 aliphatic rings. The molecule has 0 N–H and O–H groups in total. The van der Waals surface area contributed by atoms with Gasteiger partial charge < -0.3 is 9.15 Å². The fourth-order valence-electron chi connectivity index (χ4n) is 3.64.